The molecule has 0 heterocycles. The number of hydrogen-bond acceptors (Lipinski definition) is 4. The molecule has 0 bridgehead atoms. The van der Waals surface area contributed by atoms with Gasteiger partial charge in [-0.25, -0.2) is 0 Å². The van der Waals surface area contributed by atoms with Crippen LogP contribution < -0.4 is 10.1 Å². The molecule has 0 fully saturated rings. The first-order valence-electron chi connectivity index (χ1n) is 6.90. The lowest BCUT2D eigenvalue weighted by Gasteiger charge is -2.21. The number of ether oxygens (including phenoxy) is 2. The van der Waals surface area contributed by atoms with Crippen molar-refractivity contribution < 1.29 is 19.4 Å². The number of aliphatic hydroxyl groups excluding tert-OH is 1. The molecular formula is C15H21NO4. The van der Waals surface area contributed by atoms with E-state index < -0.39 is 6.10 Å². The lowest BCUT2D eigenvalue weighted by molar-refractivity contribution is -0.123. The molecule has 0 saturated carbocycles. The molecule has 5 nitrogen and oxygen atoms in total. The number of carbonyl (C=O) groups is 1. The molecular weight excluding hydrogens is 258 g/mol. The van der Waals surface area contributed by atoms with E-state index in [2.05, 4.69) is 5.32 Å². The van der Waals surface area contributed by atoms with Crippen LogP contribution in [-0.4, -0.2) is 37.9 Å². The number of hydrogen-bond donors (Lipinski definition) is 2. The average molecular weight is 279 g/mol. The van der Waals surface area contributed by atoms with Gasteiger partial charge in [0.05, 0.1) is 12.7 Å². The molecule has 0 spiro atoms. The Morgan fingerprint density at radius 3 is 3.15 bits per heavy atom. The van der Waals surface area contributed by atoms with Gasteiger partial charge in [0.2, 0.25) is 0 Å². The number of benzene rings is 1. The fraction of sp³-hybridized carbons (Fsp3) is 0.533. The fourth-order valence-electron chi connectivity index (χ4n) is 2.33. The molecule has 1 aliphatic carbocycles. The zero-order chi connectivity index (χ0) is 14.4. The third-order valence-corrected chi connectivity index (χ3v) is 3.40. The second-order valence-corrected chi connectivity index (χ2v) is 4.90. The Balaban J connectivity index is 1.87. The van der Waals surface area contributed by atoms with Gasteiger partial charge in [-0.1, -0.05) is 6.07 Å². The Kier molecular flexibility index (Phi) is 5.38. The molecule has 1 atom stereocenters. The molecule has 0 saturated heterocycles. The first-order valence-corrected chi connectivity index (χ1v) is 6.90. The van der Waals surface area contributed by atoms with Crippen molar-refractivity contribution in [3.05, 3.63) is 29.3 Å². The monoisotopic (exact) mass is 279 g/mol. The van der Waals surface area contributed by atoms with Crippen LogP contribution >= 0.6 is 0 Å². The molecule has 1 aromatic carbocycles. The van der Waals surface area contributed by atoms with E-state index in [0.717, 1.165) is 24.8 Å². The van der Waals surface area contributed by atoms with Gasteiger partial charge in [-0.15, -0.1) is 0 Å². The Bertz CT molecular complexity index is 461. The number of methoxy groups -OCH3 is 1. The highest BCUT2D eigenvalue weighted by molar-refractivity contribution is 5.77. The normalized spacial score (nSPS) is 17.4. The summed E-state index contributed by atoms with van der Waals surface area (Å²) >= 11 is 0. The summed E-state index contributed by atoms with van der Waals surface area (Å²) in [6.45, 7) is 0.928. The number of aryl methyl sites for hydroxylation is 1. The minimum Gasteiger partial charge on any atom is -0.484 e. The van der Waals surface area contributed by atoms with Gasteiger partial charge in [-0.05, 0) is 42.5 Å². The van der Waals surface area contributed by atoms with E-state index in [4.69, 9.17) is 9.47 Å². The summed E-state index contributed by atoms with van der Waals surface area (Å²) in [5.74, 6) is 0.437. The van der Waals surface area contributed by atoms with Crippen molar-refractivity contribution in [1.82, 2.24) is 5.32 Å². The van der Waals surface area contributed by atoms with Crippen molar-refractivity contribution in [2.75, 3.05) is 26.9 Å². The van der Waals surface area contributed by atoms with Crippen molar-refractivity contribution in [3.8, 4) is 5.75 Å². The summed E-state index contributed by atoms with van der Waals surface area (Å²) in [6, 6.07) is 5.65. The summed E-state index contributed by atoms with van der Waals surface area (Å²) < 4.78 is 10.3. The Morgan fingerprint density at radius 1 is 1.50 bits per heavy atom. The third-order valence-electron chi connectivity index (χ3n) is 3.40. The second kappa shape index (κ2) is 7.26. The van der Waals surface area contributed by atoms with Crippen LogP contribution in [0.25, 0.3) is 0 Å². The van der Waals surface area contributed by atoms with E-state index in [9.17, 15) is 9.90 Å². The van der Waals surface area contributed by atoms with Crippen LogP contribution in [0.15, 0.2) is 18.2 Å². The lowest BCUT2D eigenvalue weighted by Crippen LogP contribution is -2.31. The van der Waals surface area contributed by atoms with Crippen LogP contribution in [0.4, 0.5) is 0 Å². The SMILES string of the molecule is COCCNC(=O)COc1ccc2c(c1)[C@H](O)CCC2. The predicted octanol–water partition coefficient (Wildman–Crippen LogP) is 1.20. The molecule has 0 aliphatic heterocycles. The largest absolute Gasteiger partial charge is 0.484 e. The highest BCUT2D eigenvalue weighted by Gasteiger charge is 2.18. The van der Waals surface area contributed by atoms with Crippen LogP contribution in [0.3, 0.4) is 0 Å². The number of rotatable bonds is 6. The van der Waals surface area contributed by atoms with E-state index in [1.807, 2.05) is 18.2 Å². The third kappa shape index (κ3) is 3.95. The molecule has 0 aromatic heterocycles. The van der Waals surface area contributed by atoms with Crippen molar-refractivity contribution in [3.63, 3.8) is 0 Å². The minimum absolute atomic E-state index is 0.0292. The molecule has 110 valence electrons. The maximum absolute atomic E-state index is 11.5. The van der Waals surface area contributed by atoms with Gasteiger partial charge in [-0.3, -0.25) is 4.79 Å². The summed E-state index contributed by atoms with van der Waals surface area (Å²) in [7, 11) is 1.58. The summed E-state index contributed by atoms with van der Waals surface area (Å²) in [6.07, 6.45) is 2.37. The van der Waals surface area contributed by atoms with E-state index in [0.29, 0.717) is 18.9 Å². The summed E-state index contributed by atoms with van der Waals surface area (Å²) in [4.78, 5) is 11.5. The topological polar surface area (TPSA) is 67.8 Å². The molecule has 0 radical (unpaired) electrons. The van der Waals surface area contributed by atoms with Crippen LogP contribution in [0.2, 0.25) is 0 Å². The van der Waals surface area contributed by atoms with Gasteiger partial charge >= 0.3 is 0 Å². The number of fused-ring (bicyclic) bond motifs is 1. The highest BCUT2D eigenvalue weighted by atomic mass is 16.5. The van der Waals surface area contributed by atoms with Gasteiger partial charge in [0.15, 0.2) is 6.61 Å². The molecule has 0 unspecified atom stereocenters. The van der Waals surface area contributed by atoms with Crippen LogP contribution in [0.1, 0.15) is 30.1 Å². The standard InChI is InChI=1S/C15H21NO4/c1-19-8-7-16-15(18)10-20-12-6-5-11-3-2-4-14(17)13(11)9-12/h5-6,9,14,17H,2-4,7-8,10H2,1H3,(H,16,18)/t14-/m1/s1. The van der Waals surface area contributed by atoms with Gasteiger partial charge in [-0.2, -0.15) is 0 Å². The second-order valence-electron chi connectivity index (χ2n) is 4.90. The van der Waals surface area contributed by atoms with Crippen molar-refractivity contribution in [2.24, 2.45) is 0 Å². The van der Waals surface area contributed by atoms with Crippen molar-refractivity contribution in [2.45, 2.75) is 25.4 Å². The van der Waals surface area contributed by atoms with Gasteiger partial charge in [0.1, 0.15) is 5.75 Å². The predicted molar refractivity (Wildman–Crippen MR) is 74.7 cm³/mol. The van der Waals surface area contributed by atoms with Gasteiger partial charge < -0.3 is 19.9 Å². The fourth-order valence-corrected chi connectivity index (χ4v) is 2.33. The molecule has 20 heavy (non-hydrogen) atoms. The van der Waals surface area contributed by atoms with Crippen molar-refractivity contribution >= 4 is 5.91 Å². The lowest BCUT2D eigenvalue weighted by atomic mass is 9.89. The maximum Gasteiger partial charge on any atom is 0.258 e. The summed E-state index contributed by atoms with van der Waals surface area (Å²) in [5.41, 5.74) is 2.09. The molecule has 1 aromatic rings. The quantitative estimate of drug-likeness (QED) is 0.768. The first kappa shape index (κ1) is 14.8. The zero-order valence-corrected chi connectivity index (χ0v) is 11.7. The Morgan fingerprint density at radius 2 is 2.35 bits per heavy atom. The minimum atomic E-state index is -0.419. The Labute approximate surface area is 118 Å². The molecule has 5 heteroatoms. The van der Waals surface area contributed by atoms with Crippen LogP contribution in [0.5, 0.6) is 5.75 Å². The first-order chi connectivity index (χ1) is 9.70. The van der Waals surface area contributed by atoms with Gasteiger partial charge in [0, 0.05) is 13.7 Å². The Hall–Kier alpha value is -1.59. The van der Waals surface area contributed by atoms with E-state index >= 15 is 0 Å². The smallest absolute Gasteiger partial charge is 0.258 e. The number of aliphatic hydroxyl groups is 1. The van der Waals surface area contributed by atoms with E-state index in [1.165, 1.54) is 5.56 Å². The molecule has 1 amide bonds. The number of carbonyl (C=O) groups excluding carboxylic acids is 1. The van der Waals surface area contributed by atoms with Crippen molar-refractivity contribution in [1.29, 1.82) is 0 Å². The molecule has 1 aliphatic rings. The average Bonchev–Trinajstić information content (AvgIpc) is 2.46. The molecule has 2 N–H and O–H groups in total. The maximum atomic E-state index is 11.5. The van der Waals surface area contributed by atoms with Crippen LogP contribution in [0, 0.1) is 0 Å². The molecule has 2 rings (SSSR count). The van der Waals surface area contributed by atoms with E-state index in [1.54, 1.807) is 7.11 Å². The van der Waals surface area contributed by atoms with Crippen LogP contribution in [-0.2, 0) is 16.0 Å². The number of amides is 1. The van der Waals surface area contributed by atoms with Gasteiger partial charge in [0.25, 0.3) is 5.91 Å². The van der Waals surface area contributed by atoms with E-state index in [-0.39, 0.29) is 12.5 Å². The summed E-state index contributed by atoms with van der Waals surface area (Å²) in [5, 5.41) is 12.6. The highest BCUT2D eigenvalue weighted by Crippen LogP contribution is 2.32. The zero-order valence-electron chi connectivity index (χ0n) is 11.7. The number of nitrogens with one attached hydrogen (secondary N) is 1.